The van der Waals surface area contributed by atoms with Crippen molar-refractivity contribution < 1.29 is 9.47 Å². The summed E-state index contributed by atoms with van der Waals surface area (Å²) in [5, 5.41) is 3.55. The van der Waals surface area contributed by atoms with Crippen LogP contribution in [0.2, 0.25) is 0 Å². The molecule has 1 aromatic rings. The van der Waals surface area contributed by atoms with E-state index in [2.05, 4.69) is 17.3 Å². The molecule has 1 unspecified atom stereocenters. The zero-order valence-corrected chi connectivity index (χ0v) is 12.8. The molecule has 0 amide bonds. The Bertz CT molecular complexity index is 423. The average molecular weight is 278 g/mol. The largest absolute Gasteiger partial charge is 0.497 e. The first-order valence-electron chi connectivity index (χ1n) is 7.36. The van der Waals surface area contributed by atoms with Gasteiger partial charge < -0.3 is 19.7 Å². The average Bonchev–Trinajstić information content (AvgIpc) is 2.49. The summed E-state index contributed by atoms with van der Waals surface area (Å²) in [5.41, 5.74) is 1.14. The van der Waals surface area contributed by atoms with Crippen LogP contribution in [-0.4, -0.2) is 45.3 Å². The molecule has 1 heterocycles. The molecule has 0 aromatic heterocycles. The molecule has 0 saturated carbocycles. The van der Waals surface area contributed by atoms with Crippen LogP contribution in [0.25, 0.3) is 0 Å². The van der Waals surface area contributed by atoms with Gasteiger partial charge in [-0.1, -0.05) is 6.42 Å². The van der Waals surface area contributed by atoms with Gasteiger partial charge in [0.25, 0.3) is 0 Å². The number of rotatable bonds is 6. The molecule has 112 valence electrons. The van der Waals surface area contributed by atoms with Gasteiger partial charge >= 0.3 is 0 Å². The zero-order valence-electron chi connectivity index (χ0n) is 12.8. The SMILES string of the molecule is COc1ccc(OC)c(CNCC2CCCCN2C)c1. The maximum absolute atomic E-state index is 5.40. The summed E-state index contributed by atoms with van der Waals surface area (Å²) >= 11 is 0. The molecule has 1 aliphatic heterocycles. The van der Waals surface area contributed by atoms with Crippen LogP contribution >= 0.6 is 0 Å². The third-order valence-corrected chi connectivity index (χ3v) is 4.10. The van der Waals surface area contributed by atoms with Crippen LogP contribution in [-0.2, 0) is 6.54 Å². The van der Waals surface area contributed by atoms with Crippen molar-refractivity contribution in [3.63, 3.8) is 0 Å². The lowest BCUT2D eigenvalue weighted by Gasteiger charge is -2.32. The number of nitrogens with zero attached hydrogens (tertiary/aromatic N) is 1. The van der Waals surface area contributed by atoms with Crippen LogP contribution in [0.4, 0.5) is 0 Å². The summed E-state index contributed by atoms with van der Waals surface area (Å²) in [5.74, 6) is 1.78. The van der Waals surface area contributed by atoms with E-state index in [-0.39, 0.29) is 0 Å². The van der Waals surface area contributed by atoms with Crippen molar-refractivity contribution >= 4 is 0 Å². The number of benzene rings is 1. The number of likely N-dealkylation sites (tertiary alicyclic amines) is 1. The summed E-state index contributed by atoms with van der Waals surface area (Å²) in [6, 6.07) is 6.58. The minimum Gasteiger partial charge on any atom is -0.497 e. The van der Waals surface area contributed by atoms with Crippen LogP contribution in [0.1, 0.15) is 24.8 Å². The molecule has 1 atom stereocenters. The maximum Gasteiger partial charge on any atom is 0.123 e. The molecule has 4 nitrogen and oxygen atoms in total. The van der Waals surface area contributed by atoms with E-state index in [1.54, 1.807) is 14.2 Å². The predicted molar refractivity (Wildman–Crippen MR) is 81.5 cm³/mol. The Hall–Kier alpha value is -1.26. The molecule has 4 heteroatoms. The van der Waals surface area contributed by atoms with Crippen molar-refractivity contribution in [2.75, 3.05) is 34.4 Å². The summed E-state index contributed by atoms with van der Waals surface area (Å²) in [6.45, 7) is 3.05. The lowest BCUT2D eigenvalue weighted by atomic mass is 10.0. The normalized spacial score (nSPS) is 19.9. The monoisotopic (exact) mass is 278 g/mol. The summed E-state index contributed by atoms with van der Waals surface area (Å²) in [4.78, 5) is 2.46. The predicted octanol–water partition coefficient (Wildman–Crippen LogP) is 2.28. The van der Waals surface area contributed by atoms with Crippen molar-refractivity contribution in [2.45, 2.75) is 31.8 Å². The zero-order chi connectivity index (χ0) is 14.4. The minimum atomic E-state index is 0.653. The van der Waals surface area contributed by atoms with Gasteiger partial charge in [-0.3, -0.25) is 0 Å². The maximum atomic E-state index is 5.40. The number of methoxy groups -OCH3 is 2. The Morgan fingerprint density at radius 1 is 1.25 bits per heavy atom. The molecular weight excluding hydrogens is 252 g/mol. The number of piperidine rings is 1. The second-order valence-electron chi connectivity index (χ2n) is 5.44. The van der Waals surface area contributed by atoms with E-state index in [9.17, 15) is 0 Å². The topological polar surface area (TPSA) is 33.7 Å². The number of hydrogen-bond acceptors (Lipinski definition) is 4. The number of likely N-dealkylation sites (N-methyl/N-ethyl adjacent to an activating group) is 1. The molecule has 0 spiro atoms. The van der Waals surface area contributed by atoms with Gasteiger partial charge in [-0.15, -0.1) is 0 Å². The molecule has 1 fully saturated rings. The third kappa shape index (κ3) is 3.87. The van der Waals surface area contributed by atoms with Gasteiger partial charge in [0.1, 0.15) is 11.5 Å². The van der Waals surface area contributed by atoms with Gasteiger partial charge in [-0.25, -0.2) is 0 Å². The fourth-order valence-electron chi connectivity index (χ4n) is 2.80. The number of hydrogen-bond donors (Lipinski definition) is 1. The molecule has 1 aliphatic rings. The van der Waals surface area contributed by atoms with Crippen molar-refractivity contribution in [3.8, 4) is 11.5 Å². The Labute approximate surface area is 122 Å². The van der Waals surface area contributed by atoms with Gasteiger partial charge in [-0.2, -0.15) is 0 Å². The number of nitrogens with one attached hydrogen (secondary N) is 1. The quantitative estimate of drug-likeness (QED) is 0.865. The van der Waals surface area contributed by atoms with Gasteiger partial charge in [0.2, 0.25) is 0 Å². The van der Waals surface area contributed by atoms with E-state index < -0.39 is 0 Å². The highest BCUT2D eigenvalue weighted by atomic mass is 16.5. The standard InChI is InChI=1S/C16H26N2O2/c1-18-9-5-4-6-14(18)12-17-11-13-10-15(19-2)7-8-16(13)20-3/h7-8,10,14,17H,4-6,9,11-12H2,1-3H3. The summed E-state index contributed by atoms with van der Waals surface area (Å²) < 4.78 is 10.7. The highest BCUT2D eigenvalue weighted by Gasteiger charge is 2.18. The molecule has 1 aromatic carbocycles. The first kappa shape index (κ1) is 15.1. The molecule has 1 N–H and O–H groups in total. The Morgan fingerprint density at radius 2 is 2.10 bits per heavy atom. The lowest BCUT2D eigenvalue weighted by Crippen LogP contribution is -2.42. The molecule has 0 aliphatic carbocycles. The van der Waals surface area contributed by atoms with E-state index in [0.29, 0.717) is 6.04 Å². The fourth-order valence-corrected chi connectivity index (χ4v) is 2.80. The Balaban J connectivity index is 1.89. The molecule has 1 saturated heterocycles. The summed E-state index contributed by atoms with van der Waals surface area (Å²) in [6.07, 6.45) is 3.97. The van der Waals surface area contributed by atoms with E-state index in [0.717, 1.165) is 30.2 Å². The van der Waals surface area contributed by atoms with Crippen molar-refractivity contribution in [1.29, 1.82) is 0 Å². The van der Waals surface area contributed by atoms with Gasteiger partial charge in [0.15, 0.2) is 0 Å². The van der Waals surface area contributed by atoms with Gasteiger partial charge in [0.05, 0.1) is 14.2 Å². The van der Waals surface area contributed by atoms with Crippen LogP contribution in [0, 0.1) is 0 Å². The fraction of sp³-hybridized carbons (Fsp3) is 0.625. The van der Waals surface area contributed by atoms with Gasteiger partial charge in [-0.05, 0) is 44.6 Å². The van der Waals surface area contributed by atoms with Crippen molar-refractivity contribution in [3.05, 3.63) is 23.8 Å². The van der Waals surface area contributed by atoms with E-state index in [4.69, 9.17) is 9.47 Å². The Morgan fingerprint density at radius 3 is 2.80 bits per heavy atom. The third-order valence-electron chi connectivity index (χ3n) is 4.10. The summed E-state index contributed by atoms with van der Waals surface area (Å²) in [7, 11) is 5.62. The first-order valence-corrected chi connectivity index (χ1v) is 7.36. The Kier molecular flexibility index (Phi) is 5.68. The van der Waals surface area contributed by atoms with E-state index in [1.807, 2.05) is 18.2 Å². The lowest BCUT2D eigenvalue weighted by molar-refractivity contribution is 0.181. The highest BCUT2D eigenvalue weighted by Crippen LogP contribution is 2.23. The molecular formula is C16H26N2O2. The van der Waals surface area contributed by atoms with Crippen molar-refractivity contribution in [2.24, 2.45) is 0 Å². The van der Waals surface area contributed by atoms with Crippen LogP contribution < -0.4 is 14.8 Å². The molecule has 2 rings (SSSR count). The van der Waals surface area contributed by atoms with E-state index >= 15 is 0 Å². The van der Waals surface area contributed by atoms with Crippen LogP contribution in [0.5, 0.6) is 11.5 Å². The number of ether oxygens (including phenoxy) is 2. The molecule has 0 radical (unpaired) electrons. The van der Waals surface area contributed by atoms with E-state index in [1.165, 1.54) is 25.8 Å². The second-order valence-corrected chi connectivity index (χ2v) is 5.44. The molecule has 20 heavy (non-hydrogen) atoms. The molecule has 0 bridgehead atoms. The van der Waals surface area contributed by atoms with Crippen molar-refractivity contribution in [1.82, 2.24) is 10.2 Å². The van der Waals surface area contributed by atoms with Crippen LogP contribution in [0.3, 0.4) is 0 Å². The minimum absolute atomic E-state index is 0.653. The first-order chi connectivity index (χ1) is 9.74. The highest BCUT2D eigenvalue weighted by molar-refractivity contribution is 5.40. The second kappa shape index (κ2) is 7.50. The smallest absolute Gasteiger partial charge is 0.123 e. The van der Waals surface area contributed by atoms with Gasteiger partial charge in [0, 0.05) is 24.7 Å². The van der Waals surface area contributed by atoms with Crippen LogP contribution in [0.15, 0.2) is 18.2 Å².